The fourth-order valence-corrected chi connectivity index (χ4v) is 2.81. The molecule has 4 nitrogen and oxygen atoms in total. The molecule has 0 aliphatic carbocycles. The van der Waals surface area contributed by atoms with E-state index in [-0.39, 0.29) is 5.60 Å². The molecular formula is C21H25NO3. The lowest BCUT2D eigenvalue weighted by Crippen LogP contribution is -2.42. The highest BCUT2D eigenvalue weighted by atomic mass is 16.7. The smallest absolute Gasteiger partial charge is 0.249 e. The first kappa shape index (κ1) is 17.7. The summed E-state index contributed by atoms with van der Waals surface area (Å²) in [4.78, 5) is 0. The molecular weight excluding hydrogens is 314 g/mol. The van der Waals surface area contributed by atoms with Crippen molar-refractivity contribution in [1.82, 2.24) is 5.32 Å². The largest absolute Gasteiger partial charge is 0.496 e. The van der Waals surface area contributed by atoms with Crippen LogP contribution in [0.2, 0.25) is 0 Å². The van der Waals surface area contributed by atoms with Crippen molar-refractivity contribution >= 4 is 6.08 Å². The molecule has 1 aliphatic rings. The van der Waals surface area contributed by atoms with Crippen LogP contribution in [-0.4, -0.2) is 25.2 Å². The Morgan fingerprint density at radius 1 is 1.08 bits per heavy atom. The third kappa shape index (κ3) is 4.48. The third-order valence-corrected chi connectivity index (χ3v) is 4.11. The summed E-state index contributed by atoms with van der Waals surface area (Å²) in [7, 11) is 1.67. The summed E-state index contributed by atoms with van der Waals surface area (Å²) in [5.74, 6) is -0.144. The second-order valence-corrected chi connectivity index (χ2v) is 6.73. The van der Waals surface area contributed by atoms with Crippen LogP contribution in [0.25, 0.3) is 6.08 Å². The average Bonchev–Trinajstić information content (AvgIpc) is 2.95. The van der Waals surface area contributed by atoms with Crippen molar-refractivity contribution in [2.45, 2.75) is 32.0 Å². The van der Waals surface area contributed by atoms with E-state index >= 15 is 0 Å². The Morgan fingerprint density at radius 2 is 1.80 bits per heavy atom. The fraction of sp³-hybridized carbons (Fsp3) is 0.333. The van der Waals surface area contributed by atoms with Gasteiger partial charge in [0.25, 0.3) is 0 Å². The third-order valence-electron chi connectivity index (χ3n) is 4.11. The summed E-state index contributed by atoms with van der Waals surface area (Å²) in [5, 5.41) is 3.37. The fourth-order valence-electron chi connectivity index (χ4n) is 2.81. The number of ether oxygens (including phenoxy) is 3. The maximum Gasteiger partial charge on any atom is 0.249 e. The van der Waals surface area contributed by atoms with E-state index in [4.69, 9.17) is 14.2 Å². The average molecular weight is 339 g/mol. The van der Waals surface area contributed by atoms with E-state index in [2.05, 4.69) is 5.32 Å². The summed E-state index contributed by atoms with van der Waals surface area (Å²) in [6.07, 6.45) is 3.89. The van der Waals surface area contributed by atoms with Crippen molar-refractivity contribution in [1.29, 1.82) is 0 Å². The lowest BCUT2D eigenvalue weighted by molar-refractivity contribution is -0.229. The van der Waals surface area contributed by atoms with Gasteiger partial charge < -0.3 is 14.2 Å². The van der Waals surface area contributed by atoms with Crippen LogP contribution in [0.4, 0.5) is 0 Å². The van der Waals surface area contributed by atoms with E-state index in [1.54, 1.807) is 7.11 Å². The molecule has 132 valence electrons. The summed E-state index contributed by atoms with van der Waals surface area (Å²) < 4.78 is 17.7. The summed E-state index contributed by atoms with van der Waals surface area (Å²) in [6, 6.07) is 17.9. The Hall–Kier alpha value is -2.14. The molecule has 0 radical (unpaired) electrons. The minimum Gasteiger partial charge on any atom is -0.496 e. The molecule has 2 aromatic carbocycles. The highest BCUT2D eigenvalue weighted by Gasteiger charge is 2.43. The number of nitrogens with one attached hydrogen (secondary N) is 1. The highest BCUT2D eigenvalue weighted by molar-refractivity contribution is 5.57. The minimum absolute atomic E-state index is 0.304. The quantitative estimate of drug-likeness (QED) is 0.864. The Balaban J connectivity index is 1.81. The van der Waals surface area contributed by atoms with Gasteiger partial charge in [-0.05, 0) is 37.6 Å². The van der Waals surface area contributed by atoms with Gasteiger partial charge >= 0.3 is 0 Å². The van der Waals surface area contributed by atoms with Gasteiger partial charge in [0.2, 0.25) is 5.91 Å². The Kier molecular flexibility index (Phi) is 5.23. The number of benzene rings is 2. The molecule has 1 atom stereocenters. The molecule has 0 aromatic heterocycles. The van der Waals surface area contributed by atoms with Crippen LogP contribution in [0.3, 0.4) is 0 Å². The molecule has 3 rings (SSSR count). The van der Waals surface area contributed by atoms with Crippen LogP contribution in [0.5, 0.6) is 5.75 Å². The molecule has 25 heavy (non-hydrogen) atoms. The molecule has 1 aliphatic heterocycles. The summed E-state index contributed by atoms with van der Waals surface area (Å²) in [6.45, 7) is 5.26. The number of rotatable bonds is 6. The van der Waals surface area contributed by atoms with E-state index in [1.165, 1.54) is 0 Å². The second kappa shape index (κ2) is 7.40. The Labute approximate surface area is 149 Å². The monoisotopic (exact) mass is 339 g/mol. The van der Waals surface area contributed by atoms with Crippen molar-refractivity contribution in [3.8, 4) is 5.75 Å². The first-order valence-corrected chi connectivity index (χ1v) is 8.47. The van der Waals surface area contributed by atoms with Crippen LogP contribution in [0.1, 0.15) is 25.0 Å². The number of methoxy groups -OCH3 is 1. The van der Waals surface area contributed by atoms with Crippen molar-refractivity contribution in [2.75, 3.05) is 13.7 Å². The lowest BCUT2D eigenvalue weighted by atomic mass is 10.1. The van der Waals surface area contributed by atoms with Gasteiger partial charge in [0, 0.05) is 12.1 Å². The molecule has 1 saturated heterocycles. The second-order valence-electron chi connectivity index (χ2n) is 6.73. The summed E-state index contributed by atoms with van der Waals surface area (Å²) >= 11 is 0. The zero-order valence-corrected chi connectivity index (χ0v) is 15.0. The van der Waals surface area contributed by atoms with Crippen LogP contribution < -0.4 is 10.1 Å². The van der Waals surface area contributed by atoms with Crippen molar-refractivity contribution in [3.05, 3.63) is 71.8 Å². The van der Waals surface area contributed by atoms with Gasteiger partial charge in [-0.3, -0.25) is 5.32 Å². The van der Waals surface area contributed by atoms with Gasteiger partial charge in [0.1, 0.15) is 5.75 Å². The minimum atomic E-state index is -0.958. The zero-order chi connectivity index (χ0) is 17.8. The van der Waals surface area contributed by atoms with Gasteiger partial charge in [-0.2, -0.15) is 0 Å². The van der Waals surface area contributed by atoms with E-state index in [1.807, 2.05) is 80.6 Å². The Bertz CT molecular complexity index is 727. The maximum absolute atomic E-state index is 6.19. The van der Waals surface area contributed by atoms with Crippen LogP contribution in [-0.2, 0) is 16.1 Å². The normalized spacial score (nSPS) is 22.4. The molecule has 4 heteroatoms. The molecule has 0 spiro atoms. The summed E-state index contributed by atoms with van der Waals surface area (Å²) in [5.41, 5.74) is 1.77. The number of hydrogen-bond donors (Lipinski definition) is 1. The number of hydrogen-bond acceptors (Lipinski definition) is 4. The van der Waals surface area contributed by atoms with Crippen molar-refractivity contribution in [2.24, 2.45) is 0 Å². The van der Waals surface area contributed by atoms with E-state index < -0.39 is 5.91 Å². The predicted molar refractivity (Wildman–Crippen MR) is 99.2 cm³/mol. The van der Waals surface area contributed by atoms with E-state index in [9.17, 15) is 0 Å². The first-order valence-electron chi connectivity index (χ1n) is 8.47. The molecule has 1 N–H and O–H groups in total. The van der Waals surface area contributed by atoms with E-state index in [0.29, 0.717) is 13.2 Å². The molecule has 1 fully saturated rings. The van der Waals surface area contributed by atoms with Gasteiger partial charge in [-0.1, -0.05) is 48.5 Å². The Morgan fingerprint density at radius 3 is 2.48 bits per heavy atom. The SMILES string of the molecule is COc1ccccc1C=CC1(OCc2ccccc2)NCC(C)(C)O1. The first-order chi connectivity index (χ1) is 12.0. The van der Waals surface area contributed by atoms with Gasteiger partial charge in [0.15, 0.2) is 0 Å². The molecule has 1 unspecified atom stereocenters. The van der Waals surface area contributed by atoms with Crippen molar-refractivity contribution < 1.29 is 14.2 Å². The van der Waals surface area contributed by atoms with Gasteiger partial charge in [0.05, 0.1) is 19.3 Å². The maximum atomic E-state index is 6.19. The molecule has 1 heterocycles. The number of para-hydroxylation sites is 1. The van der Waals surface area contributed by atoms with Crippen LogP contribution in [0.15, 0.2) is 60.7 Å². The lowest BCUT2D eigenvalue weighted by Gasteiger charge is -2.28. The topological polar surface area (TPSA) is 39.7 Å². The molecule has 2 aromatic rings. The zero-order valence-electron chi connectivity index (χ0n) is 15.0. The van der Waals surface area contributed by atoms with Crippen LogP contribution >= 0.6 is 0 Å². The standard InChI is InChI=1S/C21H25NO3/c1-20(2)16-22-21(25-20,24-15-17-9-5-4-6-10-17)14-13-18-11-7-8-12-19(18)23-3/h4-14,22H,15-16H2,1-3H3. The van der Waals surface area contributed by atoms with Gasteiger partial charge in [-0.15, -0.1) is 0 Å². The van der Waals surface area contributed by atoms with Gasteiger partial charge in [-0.25, -0.2) is 0 Å². The molecule has 0 saturated carbocycles. The molecule has 0 bridgehead atoms. The predicted octanol–water partition coefficient (Wildman–Crippen LogP) is 3.98. The van der Waals surface area contributed by atoms with E-state index in [0.717, 1.165) is 16.9 Å². The molecule has 0 amide bonds. The van der Waals surface area contributed by atoms with Crippen LogP contribution in [0, 0.1) is 0 Å². The highest BCUT2D eigenvalue weighted by Crippen LogP contribution is 2.30. The van der Waals surface area contributed by atoms with Crippen molar-refractivity contribution in [3.63, 3.8) is 0 Å².